The van der Waals surface area contributed by atoms with Crippen LogP contribution >= 0.6 is 0 Å². The van der Waals surface area contributed by atoms with Crippen LogP contribution in [0, 0.1) is 26.6 Å². The number of imidazole rings is 1. The quantitative estimate of drug-likeness (QED) is 0.732. The lowest BCUT2D eigenvalue weighted by Crippen LogP contribution is -2.44. The molecule has 0 amide bonds. The Morgan fingerprint density at radius 1 is 1.03 bits per heavy atom. The number of aromatic nitrogens is 2. The van der Waals surface area contributed by atoms with E-state index in [-0.39, 0.29) is 5.82 Å². The van der Waals surface area contributed by atoms with Crippen LogP contribution in [0.2, 0.25) is 0 Å². The van der Waals surface area contributed by atoms with E-state index in [1.807, 2.05) is 26.0 Å². The van der Waals surface area contributed by atoms with Gasteiger partial charge in [-0.05, 0) is 55.2 Å². The molecule has 3 aromatic rings. The first-order chi connectivity index (χ1) is 13.8. The van der Waals surface area contributed by atoms with Gasteiger partial charge in [-0.1, -0.05) is 12.1 Å². The van der Waals surface area contributed by atoms with Crippen molar-refractivity contribution < 1.29 is 4.39 Å². The average Bonchev–Trinajstić information content (AvgIpc) is 3.04. The van der Waals surface area contributed by atoms with Gasteiger partial charge in [0.25, 0.3) is 0 Å². The Morgan fingerprint density at radius 2 is 1.69 bits per heavy atom. The molecule has 0 atom stereocenters. The van der Waals surface area contributed by atoms with Gasteiger partial charge >= 0.3 is 0 Å². The number of nitrogens with one attached hydrogen (secondary N) is 1. The zero-order valence-corrected chi connectivity index (χ0v) is 18.0. The molecule has 2 aromatic carbocycles. The number of benzene rings is 2. The highest BCUT2D eigenvalue weighted by Gasteiger charge is 2.22. The first-order valence-electron chi connectivity index (χ1n) is 10.2. The number of anilines is 2. The third-order valence-corrected chi connectivity index (χ3v) is 5.68. The second kappa shape index (κ2) is 7.67. The van der Waals surface area contributed by atoms with Crippen LogP contribution in [0.4, 0.5) is 16.0 Å². The first-order valence-corrected chi connectivity index (χ1v) is 10.2. The fourth-order valence-corrected chi connectivity index (χ4v) is 4.24. The number of aryl methyl sites for hydroxylation is 3. The lowest BCUT2D eigenvalue weighted by Gasteiger charge is -2.29. The van der Waals surface area contributed by atoms with Gasteiger partial charge in [0, 0.05) is 40.3 Å². The minimum atomic E-state index is -0.114. The molecule has 0 saturated carbocycles. The highest BCUT2D eigenvalue weighted by atomic mass is 19.1. The van der Waals surface area contributed by atoms with Crippen molar-refractivity contribution in [1.29, 1.82) is 0 Å². The van der Waals surface area contributed by atoms with Gasteiger partial charge in [0.15, 0.2) is 0 Å². The van der Waals surface area contributed by atoms with Crippen LogP contribution in [-0.2, 0) is 6.54 Å². The molecule has 154 valence electrons. The Kier molecular flexibility index (Phi) is 5.21. The smallest absolute Gasteiger partial charge is 0.207 e. The van der Waals surface area contributed by atoms with E-state index < -0.39 is 0 Å². The van der Waals surface area contributed by atoms with Crippen molar-refractivity contribution in [3.63, 3.8) is 0 Å². The average molecular weight is 396 g/mol. The van der Waals surface area contributed by atoms with Gasteiger partial charge in [0.2, 0.25) is 5.95 Å². The summed E-state index contributed by atoms with van der Waals surface area (Å²) >= 11 is 0. The lowest BCUT2D eigenvalue weighted by atomic mass is 10.1. The summed E-state index contributed by atoms with van der Waals surface area (Å²) in [7, 11) is 4.12. The molecule has 1 N–H and O–H groups in total. The maximum atomic E-state index is 14.2. The van der Waals surface area contributed by atoms with Crippen molar-refractivity contribution in [1.82, 2.24) is 14.9 Å². The molecule has 0 bridgehead atoms. The van der Waals surface area contributed by atoms with E-state index in [2.05, 4.69) is 52.8 Å². The van der Waals surface area contributed by atoms with Crippen LogP contribution in [-0.4, -0.2) is 49.8 Å². The Hall–Kier alpha value is -2.60. The number of fused-ring (bicyclic) bond motifs is 1. The van der Waals surface area contributed by atoms with Crippen molar-refractivity contribution in [3.8, 4) is 0 Å². The fraction of sp³-hybridized carbons (Fsp3) is 0.435. The molecule has 4 rings (SSSR count). The van der Waals surface area contributed by atoms with E-state index in [0.29, 0.717) is 17.7 Å². The number of halogens is 1. The van der Waals surface area contributed by atoms with Crippen LogP contribution in [0.5, 0.6) is 0 Å². The van der Waals surface area contributed by atoms with Gasteiger partial charge in [-0.25, -0.2) is 9.37 Å². The molecular formula is C23H30FN5. The maximum absolute atomic E-state index is 14.2. The molecule has 0 radical (unpaired) electrons. The molecule has 1 fully saturated rings. The van der Waals surface area contributed by atoms with E-state index in [1.54, 1.807) is 0 Å². The van der Waals surface area contributed by atoms with E-state index in [1.165, 1.54) is 5.56 Å². The molecule has 1 saturated heterocycles. The zero-order chi connectivity index (χ0) is 20.7. The summed E-state index contributed by atoms with van der Waals surface area (Å²) in [6, 6.07) is 8.31. The Morgan fingerprint density at radius 3 is 2.31 bits per heavy atom. The summed E-state index contributed by atoms with van der Waals surface area (Å²) in [5.41, 5.74) is 6.97. The second-order valence-electron chi connectivity index (χ2n) is 8.32. The maximum Gasteiger partial charge on any atom is 0.207 e. The van der Waals surface area contributed by atoms with Gasteiger partial charge < -0.3 is 19.7 Å². The predicted molar refractivity (Wildman–Crippen MR) is 119 cm³/mol. The van der Waals surface area contributed by atoms with Crippen LogP contribution in [0.1, 0.15) is 22.3 Å². The third-order valence-electron chi connectivity index (χ3n) is 5.68. The van der Waals surface area contributed by atoms with Crippen molar-refractivity contribution >= 4 is 22.7 Å². The van der Waals surface area contributed by atoms with Gasteiger partial charge in [0.1, 0.15) is 11.3 Å². The van der Waals surface area contributed by atoms with Crippen molar-refractivity contribution in [2.75, 3.05) is 50.1 Å². The molecule has 5 nitrogen and oxygen atoms in total. The molecule has 29 heavy (non-hydrogen) atoms. The Balaban J connectivity index is 1.90. The molecule has 1 aromatic heterocycles. The summed E-state index contributed by atoms with van der Waals surface area (Å²) in [4.78, 5) is 9.58. The molecule has 2 heterocycles. The summed E-state index contributed by atoms with van der Waals surface area (Å²) < 4.78 is 16.5. The standard InChI is InChI=1S/C23H30FN5/c1-15-10-19(27(4)5)22-20(11-15)29(23(26-22)28-8-6-25-7-9-28)14-18-12-16(2)21(24)17(3)13-18/h10-13,25H,6-9,14H2,1-5H3. The van der Waals surface area contributed by atoms with Crippen LogP contribution in [0.3, 0.4) is 0 Å². The second-order valence-corrected chi connectivity index (χ2v) is 8.32. The number of hydrogen-bond donors (Lipinski definition) is 1. The van der Waals surface area contributed by atoms with Crippen molar-refractivity contribution in [3.05, 3.63) is 52.3 Å². The third kappa shape index (κ3) is 3.69. The monoisotopic (exact) mass is 395 g/mol. The van der Waals surface area contributed by atoms with E-state index in [4.69, 9.17) is 4.98 Å². The highest BCUT2D eigenvalue weighted by molar-refractivity contribution is 5.92. The summed E-state index contributed by atoms with van der Waals surface area (Å²) in [5.74, 6) is 0.882. The Labute approximate surface area is 172 Å². The molecule has 6 heteroatoms. The van der Waals surface area contributed by atoms with E-state index >= 15 is 0 Å². The van der Waals surface area contributed by atoms with Gasteiger partial charge in [0.05, 0.1) is 17.7 Å². The van der Waals surface area contributed by atoms with Gasteiger partial charge in [-0.3, -0.25) is 0 Å². The number of rotatable bonds is 4. The number of hydrogen-bond acceptors (Lipinski definition) is 4. The Bertz CT molecular complexity index is 1020. The SMILES string of the molecule is Cc1cc(N(C)C)c2nc(N3CCNCC3)n(Cc3cc(C)c(F)c(C)c3)c2c1. The van der Waals surface area contributed by atoms with Crippen molar-refractivity contribution in [2.24, 2.45) is 0 Å². The molecular weight excluding hydrogens is 365 g/mol. The molecule has 1 aliphatic rings. The first kappa shape index (κ1) is 19.7. The molecule has 0 unspecified atom stereocenters. The van der Waals surface area contributed by atoms with Crippen molar-refractivity contribution in [2.45, 2.75) is 27.3 Å². The highest BCUT2D eigenvalue weighted by Crippen LogP contribution is 2.32. The lowest BCUT2D eigenvalue weighted by molar-refractivity contribution is 0.571. The molecule has 0 aliphatic carbocycles. The number of piperazine rings is 1. The topological polar surface area (TPSA) is 36.3 Å². The fourth-order valence-electron chi connectivity index (χ4n) is 4.24. The largest absolute Gasteiger partial charge is 0.376 e. The minimum Gasteiger partial charge on any atom is -0.376 e. The van der Waals surface area contributed by atoms with Crippen LogP contribution in [0.15, 0.2) is 24.3 Å². The normalized spacial score (nSPS) is 14.6. The van der Waals surface area contributed by atoms with Gasteiger partial charge in [-0.15, -0.1) is 0 Å². The summed E-state index contributed by atoms with van der Waals surface area (Å²) in [6.45, 7) is 10.2. The van der Waals surface area contributed by atoms with Crippen LogP contribution < -0.4 is 15.1 Å². The summed E-state index contributed by atoms with van der Waals surface area (Å²) in [6.07, 6.45) is 0. The predicted octanol–water partition coefficient (Wildman–Crippen LogP) is 3.62. The minimum absolute atomic E-state index is 0.114. The molecule has 0 spiro atoms. The van der Waals surface area contributed by atoms with E-state index in [9.17, 15) is 4.39 Å². The molecule has 1 aliphatic heterocycles. The van der Waals surface area contributed by atoms with E-state index in [0.717, 1.165) is 54.4 Å². The number of nitrogens with zero attached hydrogens (tertiary/aromatic N) is 4. The zero-order valence-electron chi connectivity index (χ0n) is 18.0. The van der Waals surface area contributed by atoms with Gasteiger partial charge in [-0.2, -0.15) is 0 Å². The summed E-state index contributed by atoms with van der Waals surface area (Å²) in [5, 5.41) is 3.42. The van der Waals surface area contributed by atoms with Crippen LogP contribution in [0.25, 0.3) is 11.0 Å².